The van der Waals surface area contributed by atoms with E-state index in [-0.39, 0.29) is 50.2 Å². The molecule has 402 valence electrons. The van der Waals surface area contributed by atoms with Crippen LogP contribution in [0.3, 0.4) is 0 Å². The number of allylic oxidation sites excluding steroid dienone is 3. The Morgan fingerprint density at radius 2 is 0.812 bits per heavy atom. The van der Waals surface area contributed by atoms with Crippen LogP contribution < -0.4 is 0 Å². The second kappa shape index (κ2) is 46.5. The van der Waals surface area contributed by atoms with Gasteiger partial charge in [-0.25, -0.2) is 0 Å². The van der Waals surface area contributed by atoms with E-state index >= 15 is 0 Å². The van der Waals surface area contributed by atoms with Crippen molar-refractivity contribution < 1.29 is 48.7 Å². The van der Waals surface area contributed by atoms with Crippen molar-refractivity contribution in [2.24, 2.45) is 0 Å². The summed E-state index contributed by atoms with van der Waals surface area (Å²) in [7, 11) is 0. The SMILES string of the molecule is CCCCCC[C@@H](O)CC=CCCCCCCCC(=O)OCC(OC(=O)CCCCCCCC=CC[C@H](O)CCCCCC)C1(OC(=O)CCCCCCCC=CC[C@H](O)CCCCCC)CCO1. The molecular formula is C59H106O10. The lowest BCUT2D eigenvalue weighted by Crippen LogP contribution is -2.59. The second-order valence-corrected chi connectivity index (χ2v) is 20.1. The summed E-state index contributed by atoms with van der Waals surface area (Å²) in [5.74, 6) is -2.65. The Hall–Kier alpha value is -2.53. The number of rotatable bonds is 50. The summed E-state index contributed by atoms with van der Waals surface area (Å²) in [6, 6.07) is 0. The van der Waals surface area contributed by atoms with E-state index in [1.165, 1.54) is 57.8 Å². The lowest BCUT2D eigenvalue weighted by Gasteiger charge is -2.44. The molecule has 1 aliphatic heterocycles. The Balaban J connectivity index is 2.51. The van der Waals surface area contributed by atoms with E-state index < -0.39 is 23.8 Å². The van der Waals surface area contributed by atoms with Crippen LogP contribution in [0.1, 0.15) is 278 Å². The average Bonchev–Trinajstić information content (AvgIpc) is 3.32. The first-order chi connectivity index (χ1) is 33.7. The van der Waals surface area contributed by atoms with Crippen molar-refractivity contribution in [2.45, 2.75) is 308 Å². The van der Waals surface area contributed by atoms with Gasteiger partial charge in [-0.05, 0) is 96.3 Å². The van der Waals surface area contributed by atoms with E-state index in [9.17, 15) is 29.7 Å². The molecule has 10 nitrogen and oxygen atoms in total. The number of carbonyl (C=O) groups is 3. The monoisotopic (exact) mass is 975 g/mol. The van der Waals surface area contributed by atoms with Crippen LogP contribution in [-0.4, -0.2) is 76.6 Å². The van der Waals surface area contributed by atoms with Crippen LogP contribution >= 0.6 is 0 Å². The van der Waals surface area contributed by atoms with E-state index in [2.05, 4.69) is 57.2 Å². The third-order valence-electron chi connectivity index (χ3n) is 13.4. The Labute approximate surface area is 422 Å². The zero-order valence-electron chi connectivity index (χ0n) is 44.7. The molecule has 5 atom stereocenters. The molecule has 1 fully saturated rings. The number of aliphatic hydroxyl groups is 3. The van der Waals surface area contributed by atoms with Gasteiger partial charge in [0.1, 0.15) is 6.61 Å². The molecule has 0 amide bonds. The number of hydrogen-bond acceptors (Lipinski definition) is 10. The fourth-order valence-electron chi connectivity index (χ4n) is 8.73. The fraction of sp³-hybridized carbons (Fsp3) is 0.847. The van der Waals surface area contributed by atoms with Crippen molar-refractivity contribution in [3.63, 3.8) is 0 Å². The third kappa shape index (κ3) is 38.8. The molecule has 1 saturated heterocycles. The average molecular weight is 975 g/mol. The zero-order chi connectivity index (χ0) is 50.3. The van der Waals surface area contributed by atoms with E-state index in [1.54, 1.807) is 0 Å². The maximum absolute atomic E-state index is 13.2. The summed E-state index contributed by atoms with van der Waals surface area (Å²) in [4.78, 5) is 39.3. The van der Waals surface area contributed by atoms with Crippen LogP contribution in [0, 0.1) is 0 Å². The van der Waals surface area contributed by atoms with Crippen molar-refractivity contribution in [3.05, 3.63) is 36.5 Å². The normalized spacial score (nSPS) is 16.8. The van der Waals surface area contributed by atoms with E-state index in [0.717, 1.165) is 154 Å². The standard InChI is InChI=1S/C59H106O10/c1-4-7-10-31-40-52(60)43-34-25-19-13-16-22-28-37-46-56(63)66-51-55(68-57(64)47-38-29-23-17-14-20-26-35-44-53(61)41-32-11-8-5-2)59(49-50-67-59)69-58(65)48-39-30-24-18-15-21-27-36-45-54(62)42-33-12-9-6-3/h25-27,34-36,52-55,60-62H,4-24,28-33,37-51H2,1-3H3/t52-,53-,54-,55?,59?/m1/s1. The number of unbranched alkanes of at least 4 members (excludes halogenated alkanes) is 24. The van der Waals surface area contributed by atoms with Gasteiger partial charge in [0.15, 0.2) is 0 Å². The number of esters is 3. The summed E-state index contributed by atoms with van der Waals surface area (Å²) < 4.78 is 23.4. The van der Waals surface area contributed by atoms with Gasteiger partial charge in [0, 0.05) is 25.7 Å². The largest absolute Gasteiger partial charge is 0.461 e. The van der Waals surface area contributed by atoms with Gasteiger partial charge in [-0.15, -0.1) is 0 Å². The Bertz CT molecular complexity index is 1290. The third-order valence-corrected chi connectivity index (χ3v) is 13.4. The molecule has 0 aromatic rings. The molecule has 0 spiro atoms. The molecule has 0 saturated carbocycles. The minimum Gasteiger partial charge on any atom is -0.461 e. The molecule has 1 aliphatic rings. The van der Waals surface area contributed by atoms with E-state index in [4.69, 9.17) is 18.9 Å². The number of hydrogen-bond donors (Lipinski definition) is 3. The molecular weight excluding hydrogens is 869 g/mol. The summed E-state index contributed by atoms with van der Waals surface area (Å²) in [6.45, 7) is 6.72. The highest BCUT2D eigenvalue weighted by Crippen LogP contribution is 2.35. The van der Waals surface area contributed by atoms with Crippen LogP contribution in [0.15, 0.2) is 36.5 Å². The molecule has 0 bridgehead atoms. The van der Waals surface area contributed by atoms with Crippen molar-refractivity contribution in [2.75, 3.05) is 13.2 Å². The number of carbonyl (C=O) groups excluding carboxylic acids is 3. The molecule has 1 rings (SSSR count). The minimum atomic E-state index is -1.46. The summed E-state index contributed by atoms with van der Waals surface area (Å²) in [5, 5.41) is 30.5. The lowest BCUT2D eigenvalue weighted by atomic mass is 10.0. The van der Waals surface area contributed by atoms with Crippen LogP contribution in [0.25, 0.3) is 0 Å². The first-order valence-electron chi connectivity index (χ1n) is 28.9. The van der Waals surface area contributed by atoms with Gasteiger partial charge < -0.3 is 34.3 Å². The Kier molecular flexibility index (Phi) is 43.5. The number of aliphatic hydroxyl groups excluding tert-OH is 3. The van der Waals surface area contributed by atoms with Gasteiger partial charge in [0.25, 0.3) is 5.79 Å². The highest BCUT2D eigenvalue weighted by Gasteiger charge is 2.52. The first-order valence-corrected chi connectivity index (χ1v) is 28.9. The molecule has 0 radical (unpaired) electrons. The molecule has 0 aromatic carbocycles. The van der Waals surface area contributed by atoms with Crippen molar-refractivity contribution in [1.29, 1.82) is 0 Å². The second-order valence-electron chi connectivity index (χ2n) is 20.1. The first kappa shape index (κ1) is 64.5. The Morgan fingerprint density at radius 1 is 0.464 bits per heavy atom. The highest BCUT2D eigenvalue weighted by atomic mass is 16.8. The van der Waals surface area contributed by atoms with Crippen LogP contribution in [-0.2, 0) is 33.3 Å². The molecule has 2 unspecified atom stereocenters. The zero-order valence-corrected chi connectivity index (χ0v) is 44.7. The highest BCUT2D eigenvalue weighted by molar-refractivity contribution is 5.71. The van der Waals surface area contributed by atoms with Crippen molar-refractivity contribution in [1.82, 2.24) is 0 Å². The van der Waals surface area contributed by atoms with Crippen LogP contribution in [0.2, 0.25) is 0 Å². The summed E-state index contributed by atoms with van der Waals surface area (Å²) >= 11 is 0. The molecule has 3 N–H and O–H groups in total. The quantitative estimate of drug-likeness (QED) is 0.0233. The lowest BCUT2D eigenvalue weighted by molar-refractivity contribution is -0.335. The van der Waals surface area contributed by atoms with Gasteiger partial charge in [-0.3, -0.25) is 14.4 Å². The summed E-state index contributed by atoms with van der Waals surface area (Å²) in [6.07, 6.45) is 48.4. The molecule has 69 heavy (non-hydrogen) atoms. The maximum Gasteiger partial charge on any atom is 0.308 e. The van der Waals surface area contributed by atoms with Gasteiger partial charge >= 0.3 is 17.9 Å². The topological polar surface area (TPSA) is 149 Å². The number of ether oxygens (including phenoxy) is 4. The fourth-order valence-corrected chi connectivity index (χ4v) is 8.73. The van der Waals surface area contributed by atoms with Crippen LogP contribution in [0.5, 0.6) is 0 Å². The van der Waals surface area contributed by atoms with Gasteiger partial charge in [0.05, 0.1) is 24.9 Å². The van der Waals surface area contributed by atoms with Gasteiger partial charge in [-0.1, -0.05) is 192 Å². The maximum atomic E-state index is 13.2. The van der Waals surface area contributed by atoms with Gasteiger partial charge in [-0.2, -0.15) is 0 Å². The Morgan fingerprint density at radius 3 is 1.19 bits per heavy atom. The molecule has 10 heteroatoms. The van der Waals surface area contributed by atoms with Crippen LogP contribution in [0.4, 0.5) is 0 Å². The van der Waals surface area contributed by atoms with Crippen molar-refractivity contribution in [3.8, 4) is 0 Å². The predicted octanol–water partition coefficient (Wildman–Crippen LogP) is 15.1. The van der Waals surface area contributed by atoms with Gasteiger partial charge in [0.2, 0.25) is 6.10 Å². The van der Waals surface area contributed by atoms with E-state index in [1.807, 2.05) is 0 Å². The molecule has 0 aliphatic carbocycles. The predicted molar refractivity (Wildman–Crippen MR) is 283 cm³/mol. The molecule has 0 aromatic heterocycles. The molecule has 1 heterocycles. The summed E-state index contributed by atoms with van der Waals surface area (Å²) in [5.41, 5.74) is 0. The minimum absolute atomic E-state index is 0.220. The van der Waals surface area contributed by atoms with Crippen molar-refractivity contribution >= 4 is 17.9 Å². The van der Waals surface area contributed by atoms with E-state index in [0.29, 0.717) is 32.3 Å². The smallest absolute Gasteiger partial charge is 0.308 e.